The highest BCUT2D eigenvalue weighted by molar-refractivity contribution is 7.88. The molecule has 1 atom stereocenters. The number of sulfonamides is 1. The molecule has 1 heterocycles. The average Bonchev–Trinajstić information content (AvgIpc) is 2.57. The topological polar surface area (TPSA) is 75.7 Å². The molecule has 0 bridgehead atoms. The third-order valence-electron chi connectivity index (χ3n) is 3.97. The van der Waals surface area contributed by atoms with E-state index >= 15 is 0 Å². The van der Waals surface area contributed by atoms with E-state index in [0.29, 0.717) is 18.5 Å². The first kappa shape index (κ1) is 20.5. The van der Waals surface area contributed by atoms with Crippen molar-refractivity contribution < 1.29 is 31.1 Å². The van der Waals surface area contributed by atoms with E-state index in [-0.39, 0.29) is 18.2 Å². The maximum Gasteiger partial charge on any atom is 0.422 e. The molecule has 1 amide bonds. The Balaban J connectivity index is 1.90. The Labute approximate surface area is 150 Å². The molecule has 10 heteroatoms. The van der Waals surface area contributed by atoms with Crippen LogP contribution in [0.5, 0.6) is 5.75 Å². The first-order valence-electron chi connectivity index (χ1n) is 8.09. The largest absolute Gasteiger partial charge is 0.484 e. The molecule has 0 aliphatic carbocycles. The fourth-order valence-electron chi connectivity index (χ4n) is 2.74. The van der Waals surface area contributed by atoms with E-state index in [2.05, 4.69) is 10.1 Å². The number of amides is 1. The molecule has 6 nitrogen and oxygen atoms in total. The van der Waals surface area contributed by atoms with Gasteiger partial charge in [0.05, 0.1) is 6.26 Å². The van der Waals surface area contributed by atoms with E-state index in [1.807, 2.05) is 0 Å². The number of rotatable bonds is 6. The lowest BCUT2D eigenvalue weighted by molar-refractivity contribution is -0.153. The van der Waals surface area contributed by atoms with E-state index in [0.717, 1.165) is 19.1 Å². The van der Waals surface area contributed by atoms with E-state index in [9.17, 15) is 26.4 Å². The zero-order chi connectivity index (χ0) is 19.4. The fourth-order valence-corrected chi connectivity index (χ4v) is 3.86. The molecule has 0 aromatic heterocycles. The minimum absolute atomic E-state index is 0.0768. The molecule has 146 valence electrons. The number of hydrogen-bond acceptors (Lipinski definition) is 4. The van der Waals surface area contributed by atoms with Crippen LogP contribution in [-0.2, 0) is 21.4 Å². The van der Waals surface area contributed by atoms with Gasteiger partial charge >= 0.3 is 6.18 Å². The molecule has 1 saturated heterocycles. The molecule has 1 aliphatic heterocycles. The lowest BCUT2D eigenvalue weighted by atomic mass is 10.0. The van der Waals surface area contributed by atoms with Crippen LogP contribution in [0.25, 0.3) is 0 Å². The molecule has 1 aromatic rings. The van der Waals surface area contributed by atoms with Crippen LogP contribution in [0.1, 0.15) is 24.8 Å². The van der Waals surface area contributed by atoms with Crippen molar-refractivity contribution in [3.8, 4) is 5.75 Å². The molecular weight excluding hydrogens is 373 g/mol. The van der Waals surface area contributed by atoms with Crippen LogP contribution in [0.2, 0.25) is 0 Å². The van der Waals surface area contributed by atoms with E-state index in [1.165, 1.54) is 16.4 Å². The number of nitrogens with one attached hydrogen (secondary N) is 1. The molecule has 26 heavy (non-hydrogen) atoms. The number of nitrogens with zero attached hydrogens (tertiary/aromatic N) is 1. The molecule has 1 unspecified atom stereocenters. The van der Waals surface area contributed by atoms with Gasteiger partial charge in [-0.1, -0.05) is 18.6 Å². The van der Waals surface area contributed by atoms with Gasteiger partial charge in [-0.15, -0.1) is 0 Å². The van der Waals surface area contributed by atoms with Crippen LogP contribution in [-0.4, -0.2) is 50.3 Å². The predicted molar refractivity (Wildman–Crippen MR) is 89.0 cm³/mol. The van der Waals surface area contributed by atoms with Crippen LogP contribution < -0.4 is 10.1 Å². The maximum absolute atomic E-state index is 12.3. The Hall–Kier alpha value is -1.81. The highest BCUT2D eigenvalue weighted by Gasteiger charge is 2.34. The number of piperidine rings is 1. The van der Waals surface area contributed by atoms with Gasteiger partial charge in [-0.05, 0) is 30.5 Å². The van der Waals surface area contributed by atoms with Crippen molar-refractivity contribution in [3.63, 3.8) is 0 Å². The lowest BCUT2D eigenvalue weighted by Crippen LogP contribution is -2.51. The maximum atomic E-state index is 12.3. The first-order chi connectivity index (χ1) is 12.1. The van der Waals surface area contributed by atoms with E-state index < -0.39 is 28.8 Å². The highest BCUT2D eigenvalue weighted by atomic mass is 32.2. The standard InChI is InChI=1S/C16H21F3N2O4S/c1-26(23,24)21-9-3-2-4-14(21)15(22)20-10-12-5-7-13(8-6-12)25-11-16(17,18)19/h5-8,14H,2-4,9-11H2,1H3,(H,20,22). The van der Waals surface area contributed by atoms with Gasteiger partial charge in [0.2, 0.25) is 15.9 Å². The van der Waals surface area contributed by atoms with Crippen molar-refractivity contribution in [1.82, 2.24) is 9.62 Å². The summed E-state index contributed by atoms with van der Waals surface area (Å²) in [6.45, 7) is -0.902. The number of alkyl halides is 3. The number of carbonyl (C=O) groups is 1. The third-order valence-corrected chi connectivity index (χ3v) is 5.26. The highest BCUT2D eigenvalue weighted by Crippen LogP contribution is 2.21. The average molecular weight is 394 g/mol. The van der Waals surface area contributed by atoms with Crippen molar-refractivity contribution in [1.29, 1.82) is 0 Å². The summed E-state index contributed by atoms with van der Waals surface area (Å²) in [5.74, 6) is -0.305. The minimum Gasteiger partial charge on any atom is -0.484 e. The van der Waals surface area contributed by atoms with Gasteiger partial charge in [-0.2, -0.15) is 17.5 Å². The Bertz CT molecular complexity index is 720. The second-order valence-electron chi connectivity index (χ2n) is 6.15. The number of benzene rings is 1. The van der Waals surface area contributed by atoms with E-state index in [4.69, 9.17) is 0 Å². The summed E-state index contributed by atoms with van der Waals surface area (Å²) in [6.07, 6.45) is -1.37. The van der Waals surface area contributed by atoms with E-state index in [1.54, 1.807) is 12.1 Å². The van der Waals surface area contributed by atoms with Crippen LogP contribution in [0.3, 0.4) is 0 Å². The Morgan fingerprint density at radius 1 is 1.27 bits per heavy atom. The third kappa shape index (κ3) is 6.17. The van der Waals surface area contributed by atoms with Crippen LogP contribution in [0.4, 0.5) is 13.2 Å². The number of halogens is 3. The van der Waals surface area contributed by atoms with Crippen molar-refractivity contribution in [3.05, 3.63) is 29.8 Å². The van der Waals surface area contributed by atoms with Crippen molar-refractivity contribution >= 4 is 15.9 Å². The van der Waals surface area contributed by atoms with Crippen molar-refractivity contribution in [2.45, 2.75) is 38.0 Å². The molecule has 2 rings (SSSR count). The van der Waals surface area contributed by atoms with Crippen LogP contribution in [0.15, 0.2) is 24.3 Å². The number of hydrogen-bond donors (Lipinski definition) is 1. The predicted octanol–water partition coefficient (Wildman–Crippen LogP) is 2.06. The molecule has 1 aromatic carbocycles. The van der Waals surface area contributed by atoms with Crippen molar-refractivity contribution in [2.75, 3.05) is 19.4 Å². The molecule has 1 N–H and O–H groups in total. The summed E-state index contributed by atoms with van der Waals surface area (Å²) >= 11 is 0. The minimum atomic E-state index is -4.40. The molecule has 1 aliphatic rings. The number of carbonyl (C=O) groups excluding carboxylic acids is 1. The normalized spacial score (nSPS) is 19.2. The van der Waals surface area contributed by atoms with Gasteiger partial charge in [-0.3, -0.25) is 4.79 Å². The summed E-state index contributed by atoms with van der Waals surface area (Å²) in [4.78, 5) is 12.3. The van der Waals surface area contributed by atoms with Gasteiger partial charge in [0.1, 0.15) is 11.8 Å². The quantitative estimate of drug-likeness (QED) is 0.801. The molecular formula is C16H21F3N2O4S. The smallest absolute Gasteiger partial charge is 0.422 e. The summed E-state index contributed by atoms with van der Waals surface area (Å²) in [5.41, 5.74) is 0.666. The molecule has 0 spiro atoms. The Kier molecular flexibility index (Phi) is 6.51. The molecule has 1 fully saturated rings. The van der Waals surface area contributed by atoms with Gasteiger partial charge in [-0.25, -0.2) is 8.42 Å². The zero-order valence-corrected chi connectivity index (χ0v) is 15.1. The first-order valence-corrected chi connectivity index (χ1v) is 9.94. The van der Waals surface area contributed by atoms with Crippen molar-refractivity contribution in [2.24, 2.45) is 0 Å². The fraction of sp³-hybridized carbons (Fsp3) is 0.562. The van der Waals surface area contributed by atoms with Crippen LogP contribution in [0, 0.1) is 0 Å². The Morgan fingerprint density at radius 3 is 2.50 bits per heavy atom. The number of ether oxygens (including phenoxy) is 1. The molecule has 0 saturated carbocycles. The molecule has 0 radical (unpaired) electrons. The Morgan fingerprint density at radius 2 is 1.92 bits per heavy atom. The summed E-state index contributed by atoms with van der Waals surface area (Å²) in [6, 6.07) is 5.13. The summed E-state index contributed by atoms with van der Waals surface area (Å²) in [7, 11) is -3.46. The van der Waals surface area contributed by atoms with Gasteiger partial charge in [0.25, 0.3) is 0 Å². The second kappa shape index (κ2) is 8.26. The summed E-state index contributed by atoms with van der Waals surface area (Å²) in [5, 5.41) is 2.68. The van der Waals surface area contributed by atoms with Crippen LogP contribution >= 0.6 is 0 Å². The van der Waals surface area contributed by atoms with Gasteiger partial charge < -0.3 is 10.1 Å². The van der Waals surface area contributed by atoms with Gasteiger partial charge in [0, 0.05) is 13.1 Å². The monoisotopic (exact) mass is 394 g/mol. The second-order valence-corrected chi connectivity index (χ2v) is 8.09. The zero-order valence-electron chi connectivity index (χ0n) is 14.3. The van der Waals surface area contributed by atoms with Gasteiger partial charge in [0.15, 0.2) is 6.61 Å². The lowest BCUT2D eigenvalue weighted by Gasteiger charge is -2.32. The summed E-state index contributed by atoms with van der Waals surface area (Å²) < 4.78 is 65.7. The SMILES string of the molecule is CS(=O)(=O)N1CCCCC1C(=O)NCc1ccc(OCC(F)(F)F)cc1.